The smallest absolute Gasteiger partial charge is 0.187 e. The number of nitrogens with zero attached hydrogens (tertiary/aromatic N) is 5. The number of benzene rings is 1. The average molecular weight is 393 g/mol. The van der Waals surface area contributed by atoms with Gasteiger partial charge in [-0.1, -0.05) is 35.9 Å². The summed E-state index contributed by atoms with van der Waals surface area (Å²) >= 11 is 6.34. The summed E-state index contributed by atoms with van der Waals surface area (Å²) in [5.74, 6) is 0.712. The van der Waals surface area contributed by atoms with Gasteiger partial charge in [-0.15, -0.1) is 10.2 Å². The third-order valence-electron chi connectivity index (χ3n) is 5.61. The summed E-state index contributed by atoms with van der Waals surface area (Å²) in [5, 5.41) is 10.3. The predicted octanol–water partition coefficient (Wildman–Crippen LogP) is 3.69. The molecular formula is C21H21ClN6. The zero-order chi connectivity index (χ0) is 19.3. The molecule has 0 saturated carbocycles. The number of aromatic nitrogens is 4. The molecule has 0 amide bonds. The van der Waals surface area contributed by atoms with E-state index in [0.717, 1.165) is 41.8 Å². The van der Waals surface area contributed by atoms with E-state index in [1.807, 2.05) is 40.8 Å². The fourth-order valence-corrected chi connectivity index (χ4v) is 4.17. The van der Waals surface area contributed by atoms with Crippen LogP contribution in [0.1, 0.15) is 24.9 Å². The second-order valence-corrected chi connectivity index (χ2v) is 7.85. The van der Waals surface area contributed by atoms with Crippen LogP contribution in [0.25, 0.3) is 28.1 Å². The van der Waals surface area contributed by atoms with E-state index in [-0.39, 0.29) is 12.1 Å². The van der Waals surface area contributed by atoms with Gasteiger partial charge in [-0.3, -0.25) is 9.30 Å². The van der Waals surface area contributed by atoms with Crippen LogP contribution in [0, 0.1) is 0 Å². The fourth-order valence-electron chi connectivity index (χ4n) is 3.94. The van der Waals surface area contributed by atoms with Crippen molar-refractivity contribution in [2.24, 2.45) is 5.73 Å². The summed E-state index contributed by atoms with van der Waals surface area (Å²) in [6, 6.07) is 14.4. The second-order valence-electron chi connectivity index (χ2n) is 7.44. The van der Waals surface area contributed by atoms with Gasteiger partial charge >= 0.3 is 0 Å². The van der Waals surface area contributed by atoms with Gasteiger partial charge in [0.1, 0.15) is 5.69 Å². The number of nitrogens with two attached hydrogens (primary N) is 1. The van der Waals surface area contributed by atoms with Gasteiger partial charge in [0.15, 0.2) is 11.5 Å². The van der Waals surface area contributed by atoms with E-state index in [0.29, 0.717) is 10.8 Å². The van der Waals surface area contributed by atoms with Crippen molar-refractivity contribution in [3.63, 3.8) is 0 Å². The Bertz CT molecular complexity index is 1170. The third-order valence-corrected chi connectivity index (χ3v) is 5.92. The van der Waals surface area contributed by atoms with Gasteiger partial charge in [0, 0.05) is 36.8 Å². The molecule has 0 aliphatic carbocycles. The van der Waals surface area contributed by atoms with Gasteiger partial charge in [-0.2, -0.15) is 0 Å². The van der Waals surface area contributed by atoms with Crippen molar-refractivity contribution in [3.05, 3.63) is 59.2 Å². The lowest BCUT2D eigenvalue weighted by Crippen LogP contribution is -2.28. The Balaban J connectivity index is 1.58. The van der Waals surface area contributed by atoms with E-state index in [2.05, 4.69) is 34.3 Å². The van der Waals surface area contributed by atoms with Crippen LogP contribution in [0.5, 0.6) is 0 Å². The van der Waals surface area contributed by atoms with E-state index < -0.39 is 0 Å². The lowest BCUT2D eigenvalue weighted by Gasteiger charge is -2.24. The van der Waals surface area contributed by atoms with Crippen LogP contribution in [-0.2, 0) is 0 Å². The molecule has 28 heavy (non-hydrogen) atoms. The molecule has 7 heteroatoms. The molecule has 1 saturated heterocycles. The second kappa shape index (κ2) is 6.81. The van der Waals surface area contributed by atoms with Gasteiger partial charge in [0.2, 0.25) is 0 Å². The monoisotopic (exact) mass is 392 g/mol. The number of likely N-dealkylation sites (tertiary alicyclic amines) is 1. The predicted molar refractivity (Wildman–Crippen MR) is 111 cm³/mol. The van der Waals surface area contributed by atoms with E-state index in [4.69, 9.17) is 22.3 Å². The summed E-state index contributed by atoms with van der Waals surface area (Å²) < 4.78 is 2.01. The van der Waals surface area contributed by atoms with Gasteiger partial charge in [-0.05, 0) is 37.1 Å². The van der Waals surface area contributed by atoms with Crippen LogP contribution >= 0.6 is 11.6 Å². The highest BCUT2D eigenvalue weighted by atomic mass is 35.5. The van der Waals surface area contributed by atoms with Crippen molar-refractivity contribution in [1.82, 2.24) is 24.5 Å². The average Bonchev–Trinajstić information content (AvgIpc) is 3.33. The summed E-state index contributed by atoms with van der Waals surface area (Å²) in [4.78, 5) is 7.17. The molecule has 5 rings (SSSR count). The lowest BCUT2D eigenvalue weighted by atomic mass is 10.1. The standard InChI is InChI=1S/C21H21ClN6/c1-13(27-10-9-16(23)12-27)15-6-8-19-25-26-21(28(19)11-15)18-7-5-14-3-2-4-17(22)20(14)24-18/h2-8,11,13,16H,9-10,12,23H2,1H3/t13-,16-/m0/s1. The molecule has 3 aromatic heterocycles. The molecule has 6 nitrogen and oxygen atoms in total. The van der Waals surface area contributed by atoms with Crippen molar-refractivity contribution in [2.75, 3.05) is 13.1 Å². The van der Waals surface area contributed by atoms with Gasteiger partial charge in [0.05, 0.1) is 10.5 Å². The topological polar surface area (TPSA) is 72.3 Å². The van der Waals surface area contributed by atoms with Crippen LogP contribution in [0.3, 0.4) is 0 Å². The number of hydrogen-bond donors (Lipinski definition) is 1. The van der Waals surface area contributed by atoms with Gasteiger partial charge < -0.3 is 5.73 Å². The van der Waals surface area contributed by atoms with E-state index in [9.17, 15) is 0 Å². The van der Waals surface area contributed by atoms with Crippen LogP contribution in [0.15, 0.2) is 48.7 Å². The van der Waals surface area contributed by atoms with Crippen molar-refractivity contribution in [2.45, 2.75) is 25.4 Å². The SMILES string of the molecule is C[C@@H](c1ccc2nnc(-c3ccc4cccc(Cl)c4n3)n2c1)N1CC[C@H](N)C1. The first-order valence-electron chi connectivity index (χ1n) is 9.50. The molecule has 2 atom stereocenters. The lowest BCUT2D eigenvalue weighted by molar-refractivity contribution is 0.259. The molecule has 1 aliphatic rings. The van der Waals surface area contributed by atoms with E-state index in [1.54, 1.807) is 0 Å². The van der Waals surface area contributed by atoms with Crippen LogP contribution in [0.2, 0.25) is 5.02 Å². The number of rotatable bonds is 3. The Labute approximate surface area is 168 Å². The molecule has 142 valence electrons. The minimum Gasteiger partial charge on any atom is -0.326 e. The molecule has 0 radical (unpaired) electrons. The minimum atomic E-state index is 0.267. The van der Waals surface area contributed by atoms with Crippen molar-refractivity contribution >= 4 is 28.2 Å². The van der Waals surface area contributed by atoms with Crippen LogP contribution in [0.4, 0.5) is 0 Å². The molecule has 4 aromatic rings. The summed E-state index contributed by atoms with van der Waals surface area (Å²) in [6.45, 7) is 4.18. The Morgan fingerprint density at radius 3 is 2.86 bits per heavy atom. The number of fused-ring (bicyclic) bond motifs is 2. The van der Waals surface area contributed by atoms with Crippen molar-refractivity contribution < 1.29 is 0 Å². The maximum absolute atomic E-state index is 6.34. The number of hydrogen-bond acceptors (Lipinski definition) is 5. The zero-order valence-electron chi connectivity index (χ0n) is 15.6. The molecule has 1 fully saturated rings. The largest absolute Gasteiger partial charge is 0.326 e. The number of para-hydroxylation sites is 1. The highest BCUT2D eigenvalue weighted by Crippen LogP contribution is 2.28. The Hall–Kier alpha value is -2.54. The molecule has 1 aromatic carbocycles. The van der Waals surface area contributed by atoms with Crippen molar-refractivity contribution in [3.8, 4) is 11.5 Å². The van der Waals surface area contributed by atoms with Crippen LogP contribution in [-0.4, -0.2) is 43.6 Å². The summed E-state index contributed by atoms with van der Waals surface area (Å²) in [5.41, 5.74) is 9.62. The molecule has 1 aliphatic heterocycles. The quantitative estimate of drug-likeness (QED) is 0.575. The first-order chi connectivity index (χ1) is 13.6. The maximum atomic E-state index is 6.34. The molecule has 0 spiro atoms. The zero-order valence-corrected chi connectivity index (χ0v) is 16.3. The Morgan fingerprint density at radius 2 is 2.04 bits per heavy atom. The van der Waals surface area contributed by atoms with Crippen LogP contribution < -0.4 is 5.73 Å². The van der Waals surface area contributed by atoms with Gasteiger partial charge in [-0.25, -0.2) is 4.98 Å². The Kier molecular flexibility index (Phi) is 4.27. The normalized spacial score (nSPS) is 18.9. The summed E-state index contributed by atoms with van der Waals surface area (Å²) in [6.07, 6.45) is 3.16. The molecule has 4 heterocycles. The first-order valence-corrected chi connectivity index (χ1v) is 9.88. The molecular weight excluding hydrogens is 372 g/mol. The highest BCUT2D eigenvalue weighted by molar-refractivity contribution is 6.35. The maximum Gasteiger partial charge on any atom is 0.187 e. The number of pyridine rings is 2. The molecule has 0 bridgehead atoms. The van der Waals surface area contributed by atoms with Gasteiger partial charge in [0.25, 0.3) is 0 Å². The molecule has 2 N–H and O–H groups in total. The summed E-state index contributed by atoms with van der Waals surface area (Å²) in [7, 11) is 0. The minimum absolute atomic E-state index is 0.267. The third kappa shape index (κ3) is 2.94. The molecule has 0 unspecified atom stereocenters. The Morgan fingerprint density at radius 1 is 1.14 bits per heavy atom. The van der Waals surface area contributed by atoms with E-state index >= 15 is 0 Å². The number of halogens is 1. The first kappa shape index (κ1) is 17.6. The highest BCUT2D eigenvalue weighted by Gasteiger charge is 2.25. The van der Waals surface area contributed by atoms with Crippen molar-refractivity contribution in [1.29, 1.82) is 0 Å². The van der Waals surface area contributed by atoms with E-state index in [1.165, 1.54) is 5.56 Å². The fraction of sp³-hybridized carbons (Fsp3) is 0.286.